The maximum atomic E-state index is 9.73. The number of aromatic nitrogens is 1. The minimum Gasteiger partial charge on any atom is -0.391 e. The van der Waals surface area contributed by atoms with Gasteiger partial charge in [-0.2, -0.15) is 0 Å². The van der Waals surface area contributed by atoms with Crippen molar-refractivity contribution in [2.75, 3.05) is 13.1 Å². The zero-order chi connectivity index (χ0) is 9.10. The molecule has 0 radical (unpaired) electrons. The fourth-order valence-electron chi connectivity index (χ4n) is 1.83. The fraction of sp³-hybridized carbons (Fsp3) is 0.500. The number of aliphatic hydroxyl groups is 1. The second-order valence-corrected chi connectivity index (χ2v) is 3.45. The summed E-state index contributed by atoms with van der Waals surface area (Å²) in [5, 5.41) is 12.9. The Labute approximate surface area is 77.8 Å². The molecule has 1 saturated heterocycles. The number of aliphatic hydroxyl groups excluding tert-OH is 1. The van der Waals surface area contributed by atoms with Crippen LogP contribution >= 0.6 is 0 Å². The van der Waals surface area contributed by atoms with E-state index in [-0.39, 0.29) is 12.0 Å². The summed E-state index contributed by atoms with van der Waals surface area (Å²) in [6.07, 6.45) is 4.33. The highest BCUT2D eigenvalue weighted by Crippen LogP contribution is 2.24. The molecule has 1 aliphatic rings. The highest BCUT2D eigenvalue weighted by atomic mass is 16.3. The number of nitrogens with one attached hydrogen (secondary N) is 1. The van der Waals surface area contributed by atoms with Gasteiger partial charge in [-0.1, -0.05) is 6.07 Å². The predicted octanol–water partition coefficient (Wildman–Crippen LogP) is 0.519. The zero-order valence-electron chi connectivity index (χ0n) is 7.48. The first kappa shape index (κ1) is 8.66. The van der Waals surface area contributed by atoms with E-state index < -0.39 is 0 Å². The average Bonchev–Trinajstić information content (AvgIpc) is 2.20. The van der Waals surface area contributed by atoms with E-state index in [0.717, 1.165) is 18.5 Å². The van der Waals surface area contributed by atoms with Gasteiger partial charge in [0.25, 0.3) is 0 Å². The molecule has 0 amide bonds. The molecule has 0 aromatic carbocycles. The van der Waals surface area contributed by atoms with Crippen LogP contribution in [0.4, 0.5) is 0 Å². The second-order valence-electron chi connectivity index (χ2n) is 3.45. The van der Waals surface area contributed by atoms with Crippen LogP contribution in [-0.4, -0.2) is 29.3 Å². The molecule has 0 bridgehead atoms. The van der Waals surface area contributed by atoms with Gasteiger partial charge in [0.05, 0.1) is 6.10 Å². The lowest BCUT2D eigenvalue weighted by Gasteiger charge is -2.28. The first-order chi connectivity index (χ1) is 6.38. The summed E-state index contributed by atoms with van der Waals surface area (Å²) in [5.41, 5.74) is 1.15. The highest BCUT2D eigenvalue weighted by Gasteiger charge is 2.23. The van der Waals surface area contributed by atoms with Gasteiger partial charge >= 0.3 is 0 Å². The molecule has 0 saturated carbocycles. The van der Waals surface area contributed by atoms with Crippen molar-refractivity contribution in [3.63, 3.8) is 0 Å². The summed E-state index contributed by atoms with van der Waals surface area (Å²) in [5.74, 6) is 0.259. The zero-order valence-corrected chi connectivity index (χ0v) is 7.48. The fourth-order valence-corrected chi connectivity index (χ4v) is 1.83. The summed E-state index contributed by atoms with van der Waals surface area (Å²) in [6.45, 7) is 1.68. The lowest BCUT2D eigenvalue weighted by Crippen LogP contribution is -2.39. The van der Waals surface area contributed by atoms with Gasteiger partial charge in [0, 0.05) is 24.9 Å². The summed E-state index contributed by atoms with van der Waals surface area (Å²) in [4.78, 5) is 4.06. The molecule has 1 aliphatic heterocycles. The maximum absolute atomic E-state index is 9.73. The molecule has 2 N–H and O–H groups in total. The van der Waals surface area contributed by atoms with Gasteiger partial charge in [-0.05, 0) is 24.6 Å². The largest absolute Gasteiger partial charge is 0.391 e. The van der Waals surface area contributed by atoms with Crippen molar-refractivity contribution in [2.24, 2.45) is 0 Å². The van der Waals surface area contributed by atoms with Crippen molar-refractivity contribution in [1.29, 1.82) is 0 Å². The van der Waals surface area contributed by atoms with Crippen LogP contribution < -0.4 is 5.32 Å². The number of piperidine rings is 1. The van der Waals surface area contributed by atoms with Crippen molar-refractivity contribution >= 4 is 0 Å². The number of rotatable bonds is 1. The van der Waals surface area contributed by atoms with E-state index in [1.807, 2.05) is 18.3 Å². The minimum atomic E-state index is -0.266. The summed E-state index contributed by atoms with van der Waals surface area (Å²) < 4.78 is 0. The van der Waals surface area contributed by atoms with Crippen LogP contribution in [0.1, 0.15) is 17.9 Å². The first-order valence-electron chi connectivity index (χ1n) is 4.66. The van der Waals surface area contributed by atoms with E-state index >= 15 is 0 Å². The lowest BCUT2D eigenvalue weighted by molar-refractivity contribution is 0.118. The standard InChI is InChI=1S/C10H14N2O/c13-10-7-12-5-3-9(10)8-2-1-4-11-6-8/h1-2,4,6,9-10,12-13H,3,5,7H2. The molecule has 0 spiro atoms. The smallest absolute Gasteiger partial charge is 0.0734 e. The Morgan fingerprint density at radius 1 is 1.54 bits per heavy atom. The Balaban J connectivity index is 2.15. The van der Waals surface area contributed by atoms with E-state index in [0.29, 0.717) is 6.54 Å². The van der Waals surface area contributed by atoms with Crippen LogP contribution in [-0.2, 0) is 0 Å². The molecule has 3 heteroatoms. The number of hydrogen-bond acceptors (Lipinski definition) is 3. The highest BCUT2D eigenvalue weighted by molar-refractivity contribution is 5.17. The quantitative estimate of drug-likeness (QED) is 0.659. The molecule has 70 valence electrons. The van der Waals surface area contributed by atoms with Crippen LogP contribution in [0.3, 0.4) is 0 Å². The third-order valence-corrected chi connectivity index (χ3v) is 2.56. The molecule has 1 aromatic heterocycles. The molecule has 3 nitrogen and oxygen atoms in total. The van der Waals surface area contributed by atoms with Gasteiger partial charge in [0.15, 0.2) is 0 Å². The van der Waals surface area contributed by atoms with E-state index in [1.165, 1.54) is 0 Å². The van der Waals surface area contributed by atoms with Gasteiger partial charge < -0.3 is 10.4 Å². The Hall–Kier alpha value is -0.930. The lowest BCUT2D eigenvalue weighted by atomic mass is 9.89. The van der Waals surface area contributed by atoms with Gasteiger partial charge in [-0.3, -0.25) is 4.98 Å². The molecular weight excluding hydrogens is 164 g/mol. The maximum Gasteiger partial charge on any atom is 0.0734 e. The minimum absolute atomic E-state index is 0.259. The average molecular weight is 178 g/mol. The van der Waals surface area contributed by atoms with Gasteiger partial charge in [0.1, 0.15) is 0 Å². The molecule has 2 unspecified atom stereocenters. The molecular formula is C10H14N2O. The van der Waals surface area contributed by atoms with E-state index in [4.69, 9.17) is 0 Å². The van der Waals surface area contributed by atoms with Crippen LogP contribution in [0.15, 0.2) is 24.5 Å². The summed E-state index contributed by atoms with van der Waals surface area (Å²) in [6, 6.07) is 3.95. The van der Waals surface area contributed by atoms with Crippen LogP contribution in [0, 0.1) is 0 Å². The summed E-state index contributed by atoms with van der Waals surface area (Å²) >= 11 is 0. The Morgan fingerprint density at radius 2 is 2.46 bits per heavy atom. The third-order valence-electron chi connectivity index (χ3n) is 2.56. The number of pyridine rings is 1. The predicted molar refractivity (Wildman–Crippen MR) is 50.5 cm³/mol. The van der Waals surface area contributed by atoms with E-state index in [9.17, 15) is 5.11 Å². The molecule has 0 aliphatic carbocycles. The number of hydrogen-bond donors (Lipinski definition) is 2. The molecule has 2 atom stereocenters. The topological polar surface area (TPSA) is 45.1 Å². The van der Waals surface area contributed by atoms with Crippen molar-refractivity contribution < 1.29 is 5.11 Å². The third kappa shape index (κ3) is 1.87. The molecule has 2 heterocycles. The normalized spacial score (nSPS) is 28.7. The molecule has 13 heavy (non-hydrogen) atoms. The molecule has 1 aromatic rings. The Morgan fingerprint density at radius 3 is 3.15 bits per heavy atom. The van der Waals surface area contributed by atoms with Gasteiger partial charge in [0.2, 0.25) is 0 Å². The second kappa shape index (κ2) is 3.85. The Bertz CT molecular complexity index is 263. The number of β-amino-alcohol motifs (C(OH)–C–C–N with tert-alkyl or cyclic N) is 1. The molecule has 1 fully saturated rings. The SMILES string of the molecule is OC1CNCCC1c1cccnc1. The van der Waals surface area contributed by atoms with Crippen LogP contribution in [0.25, 0.3) is 0 Å². The first-order valence-corrected chi connectivity index (χ1v) is 4.66. The van der Waals surface area contributed by atoms with Crippen LogP contribution in [0.5, 0.6) is 0 Å². The van der Waals surface area contributed by atoms with Gasteiger partial charge in [-0.25, -0.2) is 0 Å². The van der Waals surface area contributed by atoms with Crippen molar-refractivity contribution in [2.45, 2.75) is 18.4 Å². The monoisotopic (exact) mass is 178 g/mol. The number of nitrogens with zero attached hydrogens (tertiary/aromatic N) is 1. The van der Waals surface area contributed by atoms with Crippen molar-refractivity contribution in [3.8, 4) is 0 Å². The summed E-state index contributed by atoms with van der Waals surface area (Å²) in [7, 11) is 0. The van der Waals surface area contributed by atoms with Gasteiger partial charge in [-0.15, -0.1) is 0 Å². The van der Waals surface area contributed by atoms with E-state index in [2.05, 4.69) is 10.3 Å². The van der Waals surface area contributed by atoms with Crippen LogP contribution in [0.2, 0.25) is 0 Å². The molecule has 2 rings (SSSR count). The van der Waals surface area contributed by atoms with Crippen molar-refractivity contribution in [3.05, 3.63) is 30.1 Å². The van der Waals surface area contributed by atoms with E-state index in [1.54, 1.807) is 6.20 Å². The Kier molecular flexibility index (Phi) is 2.57. The van der Waals surface area contributed by atoms with Crippen molar-refractivity contribution in [1.82, 2.24) is 10.3 Å².